The van der Waals surface area contributed by atoms with E-state index < -0.39 is 0 Å². The lowest BCUT2D eigenvalue weighted by Gasteiger charge is -2.23. The van der Waals surface area contributed by atoms with Crippen molar-refractivity contribution in [2.45, 2.75) is 13.0 Å². The summed E-state index contributed by atoms with van der Waals surface area (Å²) in [6.07, 6.45) is -0.000648. The van der Waals surface area contributed by atoms with Crippen LogP contribution < -0.4 is 9.47 Å². The minimum absolute atomic E-state index is 0.000648. The SMILES string of the molecule is CC1COc2c(F)cccc2O1. The Hall–Kier alpha value is -1.25. The van der Waals surface area contributed by atoms with Crippen LogP contribution in [0.3, 0.4) is 0 Å². The highest BCUT2D eigenvalue weighted by Gasteiger charge is 2.19. The first-order valence-electron chi connectivity index (χ1n) is 3.85. The maximum Gasteiger partial charge on any atom is 0.197 e. The van der Waals surface area contributed by atoms with E-state index in [9.17, 15) is 4.39 Å². The average Bonchev–Trinajstić information content (AvgIpc) is 2.04. The quantitative estimate of drug-likeness (QED) is 0.589. The topological polar surface area (TPSA) is 18.5 Å². The molecule has 64 valence electrons. The predicted octanol–water partition coefficient (Wildman–Crippen LogP) is 1.99. The summed E-state index contributed by atoms with van der Waals surface area (Å²) in [6.45, 7) is 2.29. The standard InChI is InChI=1S/C9H9FO2/c1-6-5-11-9-7(10)3-2-4-8(9)12-6/h2-4,6H,5H2,1H3. The van der Waals surface area contributed by atoms with Crippen LogP contribution in [0.1, 0.15) is 6.92 Å². The van der Waals surface area contributed by atoms with Crippen molar-refractivity contribution in [1.82, 2.24) is 0 Å². The first kappa shape index (κ1) is 7.40. The Kier molecular flexibility index (Phi) is 1.64. The molecule has 0 bridgehead atoms. The molecule has 0 aromatic heterocycles. The molecule has 12 heavy (non-hydrogen) atoms. The van der Waals surface area contributed by atoms with E-state index in [1.54, 1.807) is 12.1 Å². The molecular weight excluding hydrogens is 159 g/mol. The summed E-state index contributed by atoms with van der Waals surface area (Å²) in [7, 11) is 0. The van der Waals surface area contributed by atoms with Crippen molar-refractivity contribution in [3.8, 4) is 11.5 Å². The molecule has 1 aromatic carbocycles. The third-order valence-electron chi connectivity index (χ3n) is 1.72. The van der Waals surface area contributed by atoms with Gasteiger partial charge in [-0.05, 0) is 19.1 Å². The van der Waals surface area contributed by atoms with Crippen molar-refractivity contribution in [2.75, 3.05) is 6.61 Å². The highest BCUT2D eigenvalue weighted by Crippen LogP contribution is 2.33. The molecule has 1 aromatic rings. The Labute approximate surface area is 69.9 Å². The van der Waals surface area contributed by atoms with Gasteiger partial charge in [0.2, 0.25) is 0 Å². The fourth-order valence-electron chi connectivity index (χ4n) is 1.17. The Morgan fingerprint density at radius 1 is 1.50 bits per heavy atom. The molecule has 0 saturated carbocycles. The summed E-state index contributed by atoms with van der Waals surface area (Å²) in [6, 6.07) is 4.67. The second kappa shape index (κ2) is 2.66. The summed E-state index contributed by atoms with van der Waals surface area (Å²) in [5, 5.41) is 0. The number of halogens is 1. The maximum absolute atomic E-state index is 13.0. The van der Waals surface area contributed by atoms with Crippen LogP contribution in [-0.2, 0) is 0 Å². The Bertz CT molecular complexity index is 299. The van der Waals surface area contributed by atoms with Crippen LogP contribution in [0.5, 0.6) is 11.5 Å². The van der Waals surface area contributed by atoms with Gasteiger partial charge in [0.25, 0.3) is 0 Å². The molecule has 2 rings (SSSR count). The third-order valence-corrected chi connectivity index (χ3v) is 1.72. The van der Waals surface area contributed by atoms with Gasteiger partial charge in [0.15, 0.2) is 17.3 Å². The number of para-hydroxylation sites is 1. The highest BCUT2D eigenvalue weighted by molar-refractivity contribution is 5.41. The Morgan fingerprint density at radius 2 is 2.33 bits per heavy atom. The molecule has 1 atom stereocenters. The van der Waals surface area contributed by atoms with Crippen LogP contribution in [-0.4, -0.2) is 12.7 Å². The maximum atomic E-state index is 13.0. The van der Waals surface area contributed by atoms with Gasteiger partial charge in [0, 0.05) is 0 Å². The van der Waals surface area contributed by atoms with Gasteiger partial charge in [-0.15, -0.1) is 0 Å². The molecule has 0 saturated heterocycles. The normalized spacial score (nSPS) is 20.7. The van der Waals surface area contributed by atoms with Gasteiger partial charge in [-0.2, -0.15) is 0 Å². The Balaban J connectivity index is 2.42. The summed E-state index contributed by atoms with van der Waals surface area (Å²) in [5.41, 5.74) is 0. The van der Waals surface area contributed by atoms with E-state index in [1.165, 1.54) is 6.07 Å². The van der Waals surface area contributed by atoms with E-state index in [4.69, 9.17) is 9.47 Å². The predicted molar refractivity (Wildman–Crippen MR) is 42.0 cm³/mol. The first-order valence-corrected chi connectivity index (χ1v) is 3.85. The summed E-state index contributed by atoms with van der Waals surface area (Å²) < 4.78 is 23.5. The third kappa shape index (κ3) is 1.11. The minimum Gasteiger partial charge on any atom is -0.483 e. The lowest BCUT2D eigenvalue weighted by molar-refractivity contribution is 0.0993. The van der Waals surface area contributed by atoms with Crippen molar-refractivity contribution in [2.24, 2.45) is 0 Å². The highest BCUT2D eigenvalue weighted by atomic mass is 19.1. The zero-order chi connectivity index (χ0) is 8.55. The number of rotatable bonds is 0. The molecule has 1 heterocycles. The summed E-state index contributed by atoms with van der Waals surface area (Å²) in [4.78, 5) is 0. The van der Waals surface area contributed by atoms with Gasteiger partial charge >= 0.3 is 0 Å². The number of benzene rings is 1. The van der Waals surface area contributed by atoms with Gasteiger partial charge in [-0.3, -0.25) is 0 Å². The van der Waals surface area contributed by atoms with E-state index in [0.717, 1.165) is 0 Å². The van der Waals surface area contributed by atoms with Crippen molar-refractivity contribution < 1.29 is 13.9 Å². The van der Waals surface area contributed by atoms with E-state index in [-0.39, 0.29) is 17.7 Å². The Morgan fingerprint density at radius 3 is 3.17 bits per heavy atom. The van der Waals surface area contributed by atoms with Crippen LogP contribution in [0.25, 0.3) is 0 Å². The molecule has 0 fully saturated rings. The lowest BCUT2D eigenvalue weighted by Crippen LogP contribution is -2.26. The zero-order valence-electron chi connectivity index (χ0n) is 6.71. The van der Waals surface area contributed by atoms with Crippen molar-refractivity contribution in [3.05, 3.63) is 24.0 Å². The van der Waals surface area contributed by atoms with Gasteiger partial charge in [-0.1, -0.05) is 6.07 Å². The van der Waals surface area contributed by atoms with E-state index in [2.05, 4.69) is 0 Å². The second-order valence-corrected chi connectivity index (χ2v) is 2.81. The lowest BCUT2D eigenvalue weighted by atomic mass is 10.2. The molecule has 1 aliphatic rings. The van der Waals surface area contributed by atoms with Gasteiger partial charge in [0.05, 0.1) is 0 Å². The number of ether oxygens (including phenoxy) is 2. The molecule has 1 unspecified atom stereocenters. The average molecular weight is 168 g/mol. The largest absolute Gasteiger partial charge is 0.483 e. The van der Waals surface area contributed by atoms with Crippen molar-refractivity contribution in [3.63, 3.8) is 0 Å². The van der Waals surface area contributed by atoms with Gasteiger partial charge < -0.3 is 9.47 Å². The first-order chi connectivity index (χ1) is 5.77. The van der Waals surface area contributed by atoms with Gasteiger partial charge in [0.1, 0.15) is 12.7 Å². The van der Waals surface area contributed by atoms with Crippen LogP contribution in [0.15, 0.2) is 18.2 Å². The number of fused-ring (bicyclic) bond motifs is 1. The van der Waals surface area contributed by atoms with Crippen molar-refractivity contribution in [1.29, 1.82) is 0 Å². The van der Waals surface area contributed by atoms with Crippen LogP contribution >= 0.6 is 0 Å². The molecule has 2 nitrogen and oxygen atoms in total. The number of hydrogen-bond acceptors (Lipinski definition) is 2. The fraction of sp³-hybridized carbons (Fsp3) is 0.333. The molecule has 1 aliphatic heterocycles. The van der Waals surface area contributed by atoms with Crippen LogP contribution in [0.4, 0.5) is 4.39 Å². The zero-order valence-corrected chi connectivity index (χ0v) is 6.71. The monoisotopic (exact) mass is 168 g/mol. The van der Waals surface area contributed by atoms with Crippen LogP contribution in [0.2, 0.25) is 0 Å². The molecule has 0 amide bonds. The fourth-order valence-corrected chi connectivity index (χ4v) is 1.17. The number of hydrogen-bond donors (Lipinski definition) is 0. The molecule has 3 heteroatoms. The second-order valence-electron chi connectivity index (χ2n) is 2.81. The molecule has 0 aliphatic carbocycles. The van der Waals surface area contributed by atoms with Crippen molar-refractivity contribution >= 4 is 0 Å². The molecule has 0 spiro atoms. The minimum atomic E-state index is -0.362. The van der Waals surface area contributed by atoms with E-state index in [1.807, 2.05) is 6.92 Å². The molecule has 0 N–H and O–H groups in total. The molecular formula is C9H9FO2. The van der Waals surface area contributed by atoms with E-state index >= 15 is 0 Å². The summed E-state index contributed by atoms with van der Waals surface area (Å²) in [5.74, 6) is 0.365. The van der Waals surface area contributed by atoms with Gasteiger partial charge in [-0.25, -0.2) is 4.39 Å². The smallest absolute Gasteiger partial charge is 0.197 e. The van der Waals surface area contributed by atoms with Crippen LogP contribution in [0, 0.1) is 5.82 Å². The summed E-state index contributed by atoms with van der Waals surface area (Å²) >= 11 is 0. The molecule has 0 radical (unpaired) electrons. The van der Waals surface area contributed by atoms with E-state index in [0.29, 0.717) is 12.4 Å².